The summed E-state index contributed by atoms with van der Waals surface area (Å²) >= 11 is 3.17. The third-order valence-electron chi connectivity index (χ3n) is 6.09. The summed E-state index contributed by atoms with van der Waals surface area (Å²) in [7, 11) is -0.787. The predicted octanol–water partition coefficient (Wildman–Crippen LogP) is 4.98. The normalized spacial score (nSPS) is 11.2. The molecule has 0 aliphatic carbocycles. The minimum Gasteiger partial charge on any atom is -0.870 e. The Morgan fingerprint density at radius 3 is 1.60 bits per heavy atom. The summed E-state index contributed by atoms with van der Waals surface area (Å²) in [6.07, 6.45) is 0. The Kier molecular flexibility index (Phi) is 16.9. The molecule has 0 fully saturated rings. The van der Waals surface area contributed by atoms with Gasteiger partial charge in [0.25, 0.3) is 0 Å². The molecule has 2 N–H and O–H groups in total. The van der Waals surface area contributed by atoms with E-state index in [2.05, 4.69) is 39.3 Å². The van der Waals surface area contributed by atoms with Crippen molar-refractivity contribution in [2.45, 2.75) is 72.3 Å². The smallest absolute Gasteiger partial charge is 0.870 e. The van der Waals surface area contributed by atoms with Crippen molar-refractivity contribution in [1.82, 2.24) is 9.13 Å². The van der Waals surface area contributed by atoms with Crippen LogP contribution in [0.1, 0.15) is 28.4 Å². The molecule has 0 aliphatic heterocycles. The van der Waals surface area contributed by atoms with E-state index in [1.807, 2.05) is 33.5 Å². The van der Waals surface area contributed by atoms with Gasteiger partial charge in [-0.3, -0.25) is 0 Å². The molecule has 4 aromatic rings. The Morgan fingerprint density at radius 2 is 1.21 bits per heavy atom. The van der Waals surface area contributed by atoms with E-state index in [0.717, 1.165) is 39.1 Å². The summed E-state index contributed by atoms with van der Waals surface area (Å²) in [5.41, 5.74) is 2.83. The van der Waals surface area contributed by atoms with Crippen molar-refractivity contribution in [1.29, 1.82) is 0 Å². The van der Waals surface area contributed by atoms with E-state index in [-0.39, 0.29) is 37.7 Å². The number of nitrogens with zero attached hydrogens (tertiary/aromatic N) is 2. The summed E-state index contributed by atoms with van der Waals surface area (Å²) < 4.78 is 22.0. The molecule has 4 heterocycles. The molecule has 42 heavy (non-hydrogen) atoms. The van der Waals surface area contributed by atoms with E-state index in [1.54, 1.807) is 33.3 Å². The van der Waals surface area contributed by atoms with Gasteiger partial charge in [-0.1, -0.05) is 46.7 Å². The van der Waals surface area contributed by atoms with Gasteiger partial charge in [0.1, 0.15) is 24.8 Å². The van der Waals surface area contributed by atoms with E-state index in [4.69, 9.17) is 14.2 Å². The SMILES string of the molecule is C.COC(=O)c1cc2sccc2n1COCC[Si](C)(C)C.C[Si](C)(C)CCOCn1c(C(=O)O)cc2sccc21.[Li+].[OH-]. The van der Waals surface area contributed by atoms with Crippen molar-refractivity contribution in [3.05, 3.63) is 46.4 Å². The first kappa shape index (κ1) is 40.3. The molecule has 4 rings (SSSR count). The number of aromatic carboxylic acids is 1. The molecule has 0 saturated heterocycles. The zero-order valence-electron chi connectivity index (χ0n) is 25.4. The number of carboxylic acids is 1. The standard InChI is InChI=1S/C14H21NO3SSi.C13H19NO3SSi.CH4.Li.H2O/c1-17-14(16)12-9-13-11(5-7-19-13)15(12)10-18-6-8-20(2,3)4;1-19(2,3)7-5-17-9-14-10-4-6-18-12(10)8-11(14)13(15)16;;;/h5,7,9H,6,8,10H2,1-4H3;4,6,8H,5,7,9H2,1-3H3,(H,15,16);1H4;;1H2/q;;;+1;/p-1. The Labute approximate surface area is 271 Å². The molecule has 0 saturated carbocycles. The maximum atomic E-state index is 11.8. The second-order valence-electron chi connectivity index (χ2n) is 11.7. The van der Waals surface area contributed by atoms with Gasteiger partial charge in [0.2, 0.25) is 0 Å². The van der Waals surface area contributed by atoms with Crippen molar-refractivity contribution in [3.63, 3.8) is 0 Å². The number of thiophene rings is 2. The van der Waals surface area contributed by atoms with E-state index < -0.39 is 22.1 Å². The number of aromatic nitrogens is 2. The first-order valence-electron chi connectivity index (χ1n) is 12.9. The van der Waals surface area contributed by atoms with Crippen LogP contribution in [0.4, 0.5) is 0 Å². The van der Waals surface area contributed by atoms with E-state index in [0.29, 0.717) is 31.5 Å². The number of fused-ring (bicyclic) bond motifs is 2. The molecule has 14 heteroatoms. The van der Waals surface area contributed by atoms with Crippen molar-refractivity contribution in [2.75, 3.05) is 20.3 Å². The Balaban J connectivity index is 0.000000748. The number of methoxy groups -OCH3 is 1. The maximum absolute atomic E-state index is 11.8. The fourth-order valence-corrected chi connectivity index (χ4v) is 6.91. The molecule has 0 amide bonds. The van der Waals surface area contributed by atoms with Gasteiger partial charge in [0, 0.05) is 29.4 Å². The minimum atomic E-state index is -1.10. The van der Waals surface area contributed by atoms with Crippen LogP contribution < -0.4 is 18.9 Å². The zero-order valence-corrected chi connectivity index (χ0v) is 29.0. The van der Waals surface area contributed by atoms with Crippen LogP contribution >= 0.6 is 22.7 Å². The average molecular weight is 649 g/mol. The van der Waals surface area contributed by atoms with Gasteiger partial charge in [-0.2, -0.15) is 0 Å². The minimum absolute atomic E-state index is 0. The molecule has 0 spiro atoms. The maximum Gasteiger partial charge on any atom is 1.00 e. The number of carbonyl (C=O) groups excluding carboxylic acids is 1. The van der Waals surface area contributed by atoms with Gasteiger partial charge in [0.15, 0.2) is 0 Å². The summed E-state index contributed by atoms with van der Waals surface area (Å²) in [6, 6.07) is 9.73. The quantitative estimate of drug-likeness (QED) is 0.131. The Bertz CT molecular complexity index is 1400. The van der Waals surface area contributed by atoms with Crippen LogP contribution in [0.3, 0.4) is 0 Å². The predicted molar refractivity (Wildman–Crippen MR) is 175 cm³/mol. The number of ether oxygens (including phenoxy) is 3. The van der Waals surface area contributed by atoms with Gasteiger partial charge >= 0.3 is 30.8 Å². The van der Waals surface area contributed by atoms with Crippen LogP contribution in [-0.2, 0) is 27.7 Å². The summed E-state index contributed by atoms with van der Waals surface area (Å²) in [5, 5.41) is 13.2. The van der Waals surface area contributed by atoms with Gasteiger partial charge in [0.05, 0.1) is 27.5 Å². The van der Waals surface area contributed by atoms with E-state index in [9.17, 15) is 14.7 Å². The van der Waals surface area contributed by atoms with Gasteiger partial charge < -0.3 is 33.9 Å². The van der Waals surface area contributed by atoms with Crippen molar-refractivity contribution in [2.24, 2.45) is 0 Å². The first-order valence-corrected chi connectivity index (χ1v) is 22.1. The molecule has 230 valence electrons. The molecule has 0 radical (unpaired) electrons. The fraction of sp³-hybridized carbons (Fsp3) is 0.500. The molecule has 0 bridgehead atoms. The summed E-state index contributed by atoms with van der Waals surface area (Å²) in [5.74, 6) is -1.22. The Hall–Kier alpha value is -1.67. The number of hydrogen-bond acceptors (Lipinski definition) is 8. The Morgan fingerprint density at radius 1 is 0.810 bits per heavy atom. The number of esters is 1. The molecule has 0 unspecified atom stereocenters. The number of hydrogen-bond donors (Lipinski definition) is 1. The van der Waals surface area contributed by atoms with Gasteiger partial charge in [-0.15, -0.1) is 22.7 Å². The topological polar surface area (TPSA) is 122 Å². The van der Waals surface area contributed by atoms with Crippen LogP contribution in [0.5, 0.6) is 0 Å². The van der Waals surface area contributed by atoms with Crippen LogP contribution in [-0.4, -0.2) is 68.1 Å². The third kappa shape index (κ3) is 11.4. The molecular weight excluding hydrogens is 604 g/mol. The number of carboxylic acid groups (broad SMARTS) is 1. The zero-order chi connectivity index (χ0) is 28.8. The third-order valence-corrected chi connectivity index (χ3v) is 11.2. The first-order chi connectivity index (χ1) is 18.3. The van der Waals surface area contributed by atoms with Gasteiger partial charge in [-0.25, -0.2) is 9.59 Å². The van der Waals surface area contributed by atoms with Crippen LogP contribution in [0, 0.1) is 0 Å². The molecule has 0 aliphatic rings. The molecule has 0 atom stereocenters. The summed E-state index contributed by atoms with van der Waals surface area (Å²) in [6.45, 7) is 16.0. The second-order valence-corrected chi connectivity index (χ2v) is 24.9. The van der Waals surface area contributed by atoms with E-state index in [1.165, 1.54) is 7.11 Å². The van der Waals surface area contributed by atoms with Crippen molar-refractivity contribution < 1.29 is 53.2 Å². The fourth-order valence-electron chi connectivity index (χ4n) is 3.75. The van der Waals surface area contributed by atoms with Gasteiger partial charge in [-0.05, 0) is 47.1 Å². The monoisotopic (exact) mass is 648 g/mol. The van der Waals surface area contributed by atoms with Crippen molar-refractivity contribution in [3.8, 4) is 0 Å². The number of rotatable bonds is 12. The van der Waals surface area contributed by atoms with Crippen LogP contribution in [0.2, 0.25) is 51.4 Å². The van der Waals surface area contributed by atoms with Crippen molar-refractivity contribution >= 4 is 71.2 Å². The van der Waals surface area contributed by atoms with E-state index >= 15 is 0 Å². The molecule has 0 aromatic carbocycles. The summed E-state index contributed by atoms with van der Waals surface area (Å²) in [4.78, 5) is 23.0. The second kappa shape index (κ2) is 17.6. The number of carbonyl (C=O) groups is 2. The van der Waals surface area contributed by atoms with Crippen LogP contribution in [0.15, 0.2) is 35.0 Å². The molecule has 9 nitrogen and oxygen atoms in total. The molecule has 4 aromatic heterocycles. The molecular formula is C28H45LiN2O7S2Si2. The average Bonchev–Trinajstić information content (AvgIpc) is 3.60. The van der Waals surface area contributed by atoms with Crippen LogP contribution in [0.25, 0.3) is 20.4 Å². The largest absolute Gasteiger partial charge is 1.00 e.